The molecule has 1 amide bonds. The average molecular weight is 389 g/mol. The minimum atomic E-state index is -0.194. The van der Waals surface area contributed by atoms with Gasteiger partial charge in [-0.2, -0.15) is 0 Å². The number of furan rings is 1. The van der Waals surface area contributed by atoms with Gasteiger partial charge in [-0.3, -0.25) is 9.59 Å². The molecule has 0 radical (unpaired) electrons. The van der Waals surface area contributed by atoms with Gasteiger partial charge in [0.05, 0.1) is 11.8 Å². The number of aryl methyl sites for hydroxylation is 1. The van der Waals surface area contributed by atoms with Gasteiger partial charge in [-0.05, 0) is 62.2 Å². The van der Waals surface area contributed by atoms with E-state index in [1.54, 1.807) is 42.2 Å². The summed E-state index contributed by atoms with van der Waals surface area (Å²) in [7, 11) is 0. The third-order valence-corrected chi connectivity index (χ3v) is 5.29. The molecule has 148 valence electrons. The van der Waals surface area contributed by atoms with Crippen LogP contribution in [0.5, 0.6) is 11.5 Å². The van der Waals surface area contributed by atoms with Gasteiger partial charge in [-0.15, -0.1) is 0 Å². The summed E-state index contributed by atoms with van der Waals surface area (Å²) in [6, 6.07) is 18.4. The van der Waals surface area contributed by atoms with Crippen molar-refractivity contribution in [3.05, 3.63) is 83.8 Å². The predicted octanol–water partition coefficient (Wildman–Crippen LogP) is 5.12. The van der Waals surface area contributed by atoms with Gasteiger partial charge in [0, 0.05) is 24.6 Å². The van der Waals surface area contributed by atoms with Crippen LogP contribution in [0.15, 0.2) is 71.3 Å². The Morgan fingerprint density at radius 3 is 2.41 bits per heavy atom. The van der Waals surface area contributed by atoms with Crippen LogP contribution in [-0.4, -0.2) is 29.7 Å². The average Bonchev–Trinajstić information content (AvgIpc) is 3.20. The lowest BCUT2D eigenvalue weighted by atomic mass is 9.89. The fraction of sp³-hybridized carbons (Fsp3) is 0.250. The van der Waals surface area contributed by atoms with Crippen LogP contribution >= 0.6 is 0 Å². The highest BCUT2D eigenvalue weighted by atomic mass is 16.5. The second kappa shape index (κ2) is 8.35. The van der Waals surface area contributed by atoms with E-state index in [1.165, 1.54) is 6.26 Å². The van der Waals surface area contributed by atoms with Gasteiger partial charge >= 0.3 is 0 Å². The molecule has 0 saturated carbocycles. The van der Waals surface area contributed by atoms with Crippen LogP contribution < -0.4 is 4.74 Å². The van der Waals surface area contributed by atoms with Crippen LogP contribution in [0.3, 0.4) is 0 Å². The minimum Gasteiger partial charge on any atom is -0.469 e. The summed E-state index contributed by atoms with van der Waals surface area (Å²) in [5.74, 6) is 1.85. The number of hydrogen-bond acceptors (Lipinski definition) is 4. The van der Waals surface area contributed by atoms with Crippen molar-refractivity contribution in [1.82, 2.24) is 4.90 Å². The normalized spacial score (nSPS) is 16.4. The number of amides is 1. The van der Waals surface area contributed by atoms with Gasteiger partial charge in [-0.25, -0.2) is 0 Å². The highest BCUT2D eigenvalue weighted by molar-refractivity contribution is 5.99. The van der Waals surface area contributed by atoms with Crippen molar-refractivity contribution in [3.63, 3.8) is 0 Å². The Morgan fingerprint density at radius 1 is 1.00 bits per heavy atom. The van der Waals surface area contributed by atoms with Crippen molar-refractivity contribution >= 4 is 11.7 Å². The number of likely N-dealkylation sites (tertiary alicyclic amines) is 1. The van der Waals surface area contributed by atoms with Gasteiger partial charge in [-0.1, -0.05) is 18.2 Å². The fourth-order valence-corrected chi connectivity index (χ4v) is 3.70. The van der Waals surface area contributed by atoms with Crippen molar-refractivity contribution in [1.29, 1.82) is 0 Å². The first-order valence-electron chi connectivity index (χ1n) is 9.82. The first-order valence-corrected chi connectivity index (χ1v) is 9.82. The van der Waals surface area contributed by atoms with Gasteiger partial charge in [0.15, 0.2) is 5.78 Å². The molecule has 2 aromatic carbocycles. The molecular weight excluding hydrogens is 366 g/mol. The molecule has 1 aromatic heterocycles. The number of para-hydroxylation sites is 1. The van der Waals surface area contributed by atoms with Crippen LogP contribution in [0.2, 0.25) is 0 Å². The van der Waals surface area contributed by atoms with Crippen molar-refractivity contribution in [2.75, 3.05) is 13.1 Å². The lowest BCUT2D eigenvalue weighted by molar-refractivity contribution is 0.0635. The molecule has 1 aliphatic rings. The highest BCUT2D eigenvalue weighted by Gasteiger charge is 2.30. The molecule has 5 heteroatoms. The summed E-state index contributed by atoms with van der Waals surface area (Å²) >= 11 is 0. The van der Waals surface area contributed by atoms with Gasteiger partial charge < -0.3 is 14.1 Å². The molecular formula is C24H23NO4. The predicted molar refractivity (Wildman–Crippen MR) is 109 cm³/mol. The summed E-state index contributed by atoms with van der Waals surface area (Å²) < 4.78 is 11.0. The molecule has 29 heavy (non-hydrogen) atoms. The van der Waals surface area contributed by atoms with E-state index < -0.39 is 0 Å². The largest absolute Gasteiger partial charge is 0.469 e. The topological polar surface area (TPSA) is 59.8 Å². The maximum absolute atomic E-state index is 13.0. The highest BCUT2D eigenvalue weighted by Crippen LogP contribution is 2.26. The van der Waals surface area contributed by atoms with Crippen molar-refractivity contribution in [3.8, 4) is 11.5 Å². The monoisotopic (exact) mass is 389 g/mol. The lowest BCUT2D eigenvalue weighted by Crippen LogP contribution is -2.42. The smallest absolute Gasteiger partial charge is 0.257 e. The van der Waals surface area contributed by atoms with Crippen LogP contribution in [0.4, 0.5) is 0 Å². The number of carbonyl (C=O) groups excluding carboxylic acids is 2. The maximum atomic E-state index is 13.0. The molecule has 2 heterocycles. The van der Waals surface area contributed by atoms with Gasteiger partial charge in [0.2, 0.25) is 0 Å². The van der Waals surface area contributed by atoms with Crippen molar-refractivity contribution in [2.45, 2.75) is 19.8 Å². The van der Waals surface area contributed by atoms with E-state index in [0.29, 0.717) is 35.7 Å². The van der Waals surface area contributed by atoms with Gasteiger partial charge in [0.25, 0.3) is 5.91 Å². The summed E-state index contributed by atoms with van der Waals surface area (Å²) in [4.78, 5) is 27.5. The van der Waals surface area contributed by atoms with E-state index in [2.05, 4.69) is 0 Å². The number of rotatable bonds is 5. The fourth-order valence-electron chi connectivity index (χ4n) is 3.70. The van der Waals surface area contributed by atoms with E-state index in [9.17, 15) is 9.59 Å². The zero-order valence-electron chi connectivity index (χ0n) is 16.3. The quantitative estimate of drug-likeness (QED) is 0.569. The number of ketones is 1. The summed E-state index contributed by atoms with van der Waals surface area (Å²) in [5, 5.41) is 0. The standard InChI is InChI=1S/C24H23NO4/c1-17-22(13-15-28-17)24(27)25-14-5-6-19(16-25)23(26)18-9-11-21(12-10-18)29-20-7-3-2-4-8-20/h2-4,7-13,15,19H,5-6,14,16H2,1H3. The van der Waals surface area contributed by atoms with Crippen LogP contribution in [0.1, 0.15) is 39.3 Å². The Kier molecular flexibility index (Phi) is 5.47. The van der Waals surface area contributed by atoms with Crippen LogP contribution in [0.25, 0.3) is 0 Å². The third-order valence-electron chi connectivity index (χ3n) is 5.29. The number of ether oxygens (including phenoxy) is 1. The summed E-state index contributed by atoms with van der Waals surface area (Å²) in [6.07, 6.45) is 3.12. The minimum absolute atomic E-state index is 0.0673. The maximum Gasteiger partial charge on any atom is 0.257 e. The number of hydrogen-bond donors (Lipinski definition) is 0. The zero-order chi connectivity index (χ0) is 20.2. The first kappa shape index (κ1) is 19.0. The molecule has 4 rings (SSSR count). The van der Waals surface area contributed by atoms with Crippen molar-refractivity contribution < 1.29 is 18.7 Å². The molecule has 3 aromatic rings. The number of carbonyl (C=O) groups is 2. The number of Topliss-reactive ketones (excluding diaryl/α,β-unsaturated/α-hetero) is 1. The summed E-state index contributed by atoms with van der Waals surface area (Å²) in [6.45, 7) is 2.88. The van der Waals surface area contributed by atoms with E-state index in [0.717, 1.165) is 18.6 Å². The van der Waals surface area contributed by atoms with Gasteiger partial charge in [0.1, 0.15) is 17.3 Å². The van der Waals surface area contributed by atoms with E-state index in [1.807, 2.05) is 30.3 Å². The molecule has 1 unspecified atom stereocenters. The van der Waals surface area contributed by atoms with E-state index in [-0.39, 0.29) is 17.6 Å². The second-order valence-electron chi connectivity index (χ2n) is 7.28. The molecule has 1 aliphatic heterocycles. The molecule has 0 aliphatic carbocycles. The Balaban J connectivity index is 1.42. The molecule has 0 bridgehead atoms. The SMILES string of the molecule is Cc1occc1C(=O)N1CCCC(C(=O)c2ccc(Oc3ccccc3)cc2)C1. The summed E-state index contributed by atoms with van der Waals surface area (Å²) in [5.41, 5.74) is 1.21. The Hall–Kier alpha value is -3.34. The van der Waals surface area contributed by atoms with E-state index >= 15 is 0 Å². The Bertz CT molecular complexity index is 991. The van der Waals surface area contributed by atoms with E-state index in [4.69, 9.17) is 9.15 Å². The Labute approximate surface area is 169 Å². The Morgan fingerprint density at radius 2 is 1.72 bits per heavy atom. The van der Waals surface area contributed by atoms with Crippen LogP contribution in [0, 0.1) is 12.8 Å². The second-order valence-corrected chi connectivity index (χ2v) is 7.28. The number of benzene rings is 2. The number of piperidine rings is 1. The number of nitrogens with zero attached hydrogens (tertiary/aromatic N) is 1. The molecule has 5 nitrogen and oxygen atoms in total. The zero-order valence-corrected chi connectivity index (χ0v) is 16.3. The lowest BCUT2D eigenvalue weighted by Gasteiger charge is -2.32. The van der Waals surface area contributed by atoms with Crippen molar-refractivity contribution in [2.24, 2.45) is 5.92 Å². The molecule has 1 fully saturated rings. The molecule has 0 N–H and O–H groups in total. The molecule has 1 saturated heterocycles. The molecule has 0 spiro atoms. The third kappa shape index (κ3) is 4.24. The van der Waals surface area contributed by atoms with Crippen LogP contribution in [-0.2, 0) is 0 Å². The first-order chi connectivity index (χ1) is 14.1. The molecule has 1 atom stereocenters.